The van der Waals surface area contributed by atoms with Crippen molar-refractivity contribution in [1.82, 2.24) is 10.2 Å². The Balaban J connectivity index is 2.55. The molecule has 1 fully saturated rings. The van der Waals surface area contributed by atoms with Crippen LogP contribution in [0.1, 0.15) is 20.8 Å². The number of rotatable bonds is 3. The summed E-state index contributed by atoms with van der Waals surface area (Å²) in [6, 6.07) is -0.527. The molecule has 5 nitrogen and oxygen atoms in total. The highest BCUT2D eigenvalue weighted by Crippen LogP contribution is 2.11. The Labute approximate surface area is 96.8 Å². The zero-order valence-corrected chi connectivity index (χ0v) is 10.3. The van der Waals surface area contributed by atoms with Gasteiger partial charge in [-0.2, -0.15) is 0 Å². The van der Waals surface area contributed by atoms with E-state index in [1.165, 1.54) is 0 Å². The summed E-state index contributed by atoms with van der Waals surface area (Å²) in [5.41, 5.74) is -0.501. The number of nitrogens with zero attached hydrogens (tertiary/aromatic N) is 1. The van der Waals surface area contributed by atoms with Crippen molar-refractivity contribution in [3.8, 4) is 0 Å². The topological polar surface area (TPSA) is 61.8 Å². The molecule has 1 aliphatic rings. The van der Waals surface area contributed by atoms with Gasteiger partial charge >= 0.3 is 5.97 Å². The summed E-state index contributed by atoms with van der Waals surface area (Å²) in [4.78, 5) is 13.8. The standard InChI is InChI=1S/C11H22N2O3/c1-11(2,3)16-10(15)9(8-14)13-6-4-12-5-7-13/h9,12,14H,4-8H2,1-3H3/t9-/m1/s1. The highest BCUT2D eigenvalue weighted by molar-refractivity contribution is 5.76. The third-order valence-electron chi connectivity index (χ3n) is 2.44. The third-order valence-corrected chi connectivity index (χ3v) is 2.44. The second-order valence-corrected chi connectivity index (χ2v) is 5.02. The maximum atomic E-state index is 11.8. The fraction of sp³-hybridized carbons (Fsp3) is 0.909. The van der Waals surface area contributed by atoms with Crippen LogP contribution in [0, 0.1) is 0 Å². The predicted molar refractivity (Wildman–Crippen MR) is 61.2 cm³/mol. The number of piperazine rings is 1. The molecule has 0 bridgehead atoms. The van der Waals surface area contributed by atoms with Crippen molar-refractivity contribution >= 4 is 5.97 Å². The summed E-state index contributed by atoms with van der Waals surface area (Å²) in [7, 11) is 0. The lowest BCUT2D eigenvalue weighted by Crippen LogP contribution is -2.53. The average Bonchev–Trinajstić information content (AvgIpc) is 2.17. The molecule has 0 saturated carbocycles. The second kappa shape index (κ2) is 5.61. The first-order valence-corrected chi connectivity index (χ1v) is 5.72. The van der Waals surface area contributed by atoms with Crippen molar-refractivity contribution in [2.75, 3.05) is 32.8 Å². The monoisotopic (exact) mass is 230 g/mol. The molecule has 1 saturated heterocycles. The van der Waals surface area contributed by atoms with Crippen molar-refractivity contribution in [1.29, 1.82) is 0 Å². The lowest BCUT2D eigenvalue weighted by atomic mass is 10.1. The number of hydrogen-bond donors (Lipinski definition) is 2. The van der Waals surface area contributed by atoms with Crippen LogP contribution in [0.2, 0.25) is 0 Å². The van der Waals surface area contributed by atoms with Gasteiger partial charge in [0.25, 0.3) is 0 Å². The highest BCUT2D eigenvalue weighted by atomic mass is 16.6. The molecule has 0 aromatic heterocycles. The van der Waals surface area contributed by atoms with Gasteiger partial charge in [0, 0.05) is 26.2 Å². The van der Waals surface area contributed by atoms with Gasteiger partial charge in [-0.25, -0.2) is 0 Å². The van der Waals surface area contributed by atoms with Crippen LogP contribution in [0.3, 0.4) is 0 Å². The highest BCUT2D eigenvalue weighted by Gasteiger charge is 2.30. The van der Waals surface area contributed by atoms with Gasteiger partial charge in [-0.05, 0) is 20.8 Å². The van der Waals surface area contributed by atoms with Crippen molar-refractivity contribution in [2.45, 2.75) is 32.4 Å². The van der Waals surface area contributed by atoms with E-state index >= 15 is 0 Å². The van der Waals surface area contributed by atoms with Crippen LogP contribution in [-0.4, -0.2) is 60.4 Å². The van der Waals surface area contributed by atoms with Crippen LogP contribution < -0.4 is 5.32 Å². The third kappa shape index (κ3) is 4.08. The van der Waals surface area contributed by atoms with Crippen molar-refractivity contribution in [2.24, 2.45) is 0 Å². The number of nitrogens with one attached hydrogen (secondary N) is 1. The van der Waals surface area contributed by atoms with Gasteiger partial charge in [-0.1, -0.05) is 0 Å². The lowest BCUT2D eigenvalue weighted by molar-refractivity contribution is -0.163. The summed E-state index contributed by atoms with van der Waals surface area (Å²) in [6.07, 6.45) is 0. The van der Waals surface area contributed by atoms with E-state index in [4.69, 9.17) is 4.74 Å². The molecule has 0 unspecified atom stereocenters. The van der Waals surface area contributed by atoms with Crippen molar-refractivity contribution < 1.29 is 14.6 Å². The van der Waals surface area contributed by atoms with E-state index in [1.807, 2.05) is 25.7 Å². The fourth-order valence-electron chi connectivity index (χ4n) is 1.70. The normalized spacial score (nSPS) is 20.5. The molecule has 1 atom stereocenters. The largest absolute Gasteiger partial charge is 0.459 e. The summed E-state index contributed by atoms with van der Waals surface area (Å²) in [5.74, 6) is -0.336. The van der Waals surface area contributed by atoms with Gasteiger partial charge in [0.2, 0.25) is 0 Å². The summed E-state index contributed by atoms with van der Waals surface area (Å²) in [6.45, 7) is 8.54. The Morgan fingerprint density at radius 2 is 2.00 bits per heavy atom. The maximum absolute atomic E-state index is 11.8. The quantitative estimate of drug-likeness (QED) is 0.646. The molecule has 1 rings (SSSR count). The molecule has 1 heterocycles. The van der Waals surface area contributed by atoms with Gasteiger partial charge in [0.1, 0.15) is 11.6 Å². The molecule has 16 heavy (non-hydrogen) atoms. The van der Waals surface area contributed by atoms with E-state index in [0.717, 1.165) is 26.2 Å². The zero-order chi connectivity index (χ0) is 12.2. The first kappa shape index (κ1) is 13.4. The zero-order valence-electron chi connectivity index (χ0n) is 10.3. The second-order valence-electron chi connectivity index (χ2n) is 5.02. The number of hydrogen-bond acceptors (Lipinski definition) is 5. The molecule has 94 valence electrons. The molecule has 0 aromatic carbocycles. The smallest absolute Gasteiger partial charge is 0.326 e. The lowest BCUT2D eigenvalue weighted by Gasteiger charge is -2.33. The minimum absolute atomic E-state index is 0.186. The molecule has 0 radical (unpaired) electrons. The number of carbonyl (C=O) groups excluding carboxylic acids is 1. The van der Waals surface area contributed by atoms with Gasteiger partial charge in [0.15, 0.2) is 0 Å². The van der Waals surface area contributed by atoms with E-state index in [2.05, 4.69) is 5.32 Å². The van der Waals surface area contributed by atoms with E-state index < -0.39 is 11.6 Å². The Morgan fingerprint density at radius 1 is 1.44 bits per heavy atom. The average molecular weight is 230 g/mol. The molecule has 0 amide bonds. The van der Waals surface area contributed by atoms with Crippen molar-refractivity contribution in [3.05, 3.63) is 0 Å². The number of ether oxygens (including phenoxy) is 1. The van der Waals surface area contributed by atoms with Crippen LogP contribution in [-0.2, 0) is 9.53 Å². The van der Waals surface area contributed by atoms with E-state index in [9.17, 15) is 9.90 Å². The Hall–Kier alpha value is -0.650. The number of carbonyl (C=O) groups is 1. The van der Waals surface area contributed by atoms with Gasteiger partial charge in [-0.15, -0.1) is 0 Å². The molecule has 0 aromatic rings. The molecular weight excluding hydrogens is 208 g/mol. The number of aliphatic hydroxyl groups is 1. The summed E-state index contributed by atoms with van der Waals surface area (Å²) < 4.78 is 5.28. The van der Waals surface area contributed by atoms with Crippen molar-refractivity contribution in [3.63, 3.8) is 0 Å². The van der Waals surface area contributed by atoms with Crippen LogP contribution >= 0.6 is 0 Å². The molecular formula is C11H22N2O3. The Bertz CT molecular complexity index is 232. The van der Waals surface area contributed by atoms with Gasteiger partial charge in [0.05, 0.1) is 6.61 Å². The minimum atomic E-state index is -0.527. The fourth-order valence-corrected chi connectivity index (χ4v) is 1.70. The number of aliphatic hydroxyl groups excluding tert-OH is 1. The Kier molecular flexibility index (Phi) is 4.70. The molecule has 0 aliphatic carbocycles. The SMILES string of the molecule is CC(C)(C)OC(=O)[C@@H](CO)N1CCNCC1. The molecule has 5 heteroatoms. The summed E-state index contributed by atoms with van der Waals surface area (Å²) >= 11 is 0. The van der Waals surface area contributed by atoms with Crippen LogP contribution in [0.25, 0.3) is 0 Å². The molecule has 0 spiro atoms. The van der Waals surface area contributed by atoms with E-state index in [-0.39, 0.29) is 12.6 Å². The number of esters is 1. The Morgan fingerprint density at radius 3 is 2.44 bits per heavy atom. The van der Waals surface area contributed by atoms with Crippen LogP contribution in [0.5, 0.6) is 0 Å². The minimum Gasteiger partial charge on any atom is -0.459 e. The van der Waals surface area contributed by atoms with Gasteiger partial charge < -0.3 is 15.2 Å². The molecule has 2 N–H and O–H groups in total. The first-order valence-electron chi connectivity index (χ1n) is 5.72. The van der Waals surface area contributed by atoms with Gasteiger partial charge in [-0.3, -0.25) is 9.69 Å². The van der Waals surface area contributed by atoms with Crippen LogP contribution in [0.4, 0.5) is 0 Å². The first-order chi connectivity index (χ1) is 7.44. The van der Waals surface area contributed by atoms with E-state index in [1.54, 1.807) is 0 Å². The molecule has 1 aliphatic heterocycles. The summed E-state index contributed by atoms with van der Waals surface area (Å²) in [5, 5.41) is 12.5. The maximum Gasteiger partial charge on any atom is 0.326 e. The van der Waals surface area contributed by atoms with Crippen LogP contribution in [0.15, 0.2) is 0 Å². The predicted octanol–water partition coefficient (Wildman–Crippen LogP) is -0.406. The van der Waals surface area contributed by atoms with E-state index in [0.29, 0.717) is 0 Å².